The first-order valence-electron chi connectivity index (χ1n) is 5.63. The highest BCUT2D eigenvalue weighted by atomic mass is 32.2. The summed E-state index contributed by atoms with van der Waals surface area (Å²) in [7, 11) is 1.93. The SMILES string of the molecule is CCC(CSC)N(C)c1ccc([N+](=O)[O-])c(N)n1. The standard InChI is InChI=1S/C11H18N4O2S/c1-4-8(7-18-3)14(2)10-6-5-9(15(16)17)11(12)13-10/h5-6,8H,4,7H2,1-3H3,(H2,12,13). The van der Waals surface area contributed by atoms with Gasteiger partial charge in [-0.3, -0.25) is 10.1 Å². The zero-order valence-electron chi connectivity index (χ0n) is 10.8. The molecular formula is C11H18N4O2S. The van der Waals surface area contributed by atoms with Crippen molar-refractivity contribution < 1.29 is 4.92 Å². The maximum atomic E-state index is 10.7. The number of anilines is 2. The van der Waals surface area contributed by atoms with Crippen LogP contribution >= 0.6 is 11.8 Å². The smallest absolute Gasteiger partial charge is 0.311 e. The van der Waals surface area contributed by atoms with Crippen LogP contribution in [-0.2, 0) is 0 Å². The number of hydrogen-bond donors (Lipinski definition) is 1. The van der Waals surface area contributed by atoms with E-state index in [2.05, 4.69) is 11.9 Å². The number of hydrogen-bond acceptors (Lipinski definition) is 6. The van der Waals surface area contributed by atoms with E-state index >= 15 is 0 Å². The number of aromatic nitrogens is 1. The zero-order valence-corrected chi connectivity index (χ0v) is 11.6. The third kappa shape index (κ3) is 3.25. The summed E-state index contributed by atoms with van der Waals surface area (Å²) in [4.78, 5) is 16.3. The molecule has 1 unspecified atom stereocenters. The quantitative estimate of drug-likeness (QED) is 0.629. The first-order valence-corrected chi connectivity index (χ1v) is 7.03. The van der Waals surface area contributed by atoms with Crippen molar-refractivity contribution in [3.8, 4) is 0 Å². The molecule has 1 atom stereocenters. The molecule has 0 aliphatic carbocycles. The molecule has 0 spiro atoms. The molecule has 6 nitrogen and oxygen atoms in total. The van der Waals surface area contributed by atoms with Crippen molar-refractivity contribution in [1.29, 1.82) is 0 Å². The molecule has 18 heavy (non-hydrogen) atoms. The van der Waals surface area contributed by atoms with Gasteiger partial charge in [0.25, 0.3) is 0 Å². The maximum absolute atomic E-state index is 10.7. The van der Waals surface area contributed by atoms with Gasteiger partial charge in [0.15, 0.2) is 0 Å². The predicted molar refractivity (Wildman–Crippen MR) is 76.2 cm³/mol. The lowest BCUT2D eigenvalue weighted by atomic mass is 10.2. The predicted octanol–water partition coefficient (Wildman–Crippen LogP) is 2.15. The summed E-state index contributed by atoms with van der Waals surface area (Å²) >= 11 is 1.76. The third-order valence-corrected chi connectivity index (χ3v) is 3.54. The summed E-state index contributed by atoms with van der Waals surface area (Å²) in [5.41, 5.74) is 5.44. The molecule has 0 amide bonds. The van der Waals surface area contributed by atoms with Gasteiger partial charge in [-0.15, -0.1) is 0 Å². The van der Waals surface area contributed by atoms with Crippen LogP contribution in [0.4, 0.5) is 17.3 Å². The van der Waals surface area contributed by atoms with Crippen LogP contribution < -0.4 is 10.6 Å². The number of nitro groups is 1. The summed E-state index contributed by atoms with van der Waals surface area (Å²) in [5, 5.41) is 10.7. The van der Waals surface area contributed by atoms with E-state index in [1.807, 2.05) is 18.2 Å². The van der Waals surface area contributed by atoms with Gasteiger partial charge in [0.05, 0.1) is 4.92 Å². The number of thioether (sulfide) groups is 1. The monoisotopic (exact) mass is 270 g/mol. The summed E-state index contributed by atoms with van der Waals surface area (Å²) < 4.78 is 0. The Labute approximate surface area is 111 Å². The van der Waals surface area contributed by atoms with Crippen LogP contribution in [0.1, 0.15) is 13.3 Å². The summed E-state index contributed by atoms with van der Waals surface area (Å²) in [6.07, 6.45) is 3.03. The molecule has 0 aromatic carbocycles. The first kappa shape index (κ1) is 14.6. The highest BCUT2D eigenvalue weighted by Gasteiger charge is 2.18. The average Bonchev–Trinajstić information content (AvgIpc) is 2.34. The number of rotatable bonds is 6. The van der Waals surface area contributed by atoms with E-state index in [1.165, 1.54) is 6.07 Å². The number of nitrogens with two attached hydrogens (primary N) is 1. The van der Waals surface area contributed by atoms with Crippen LogP contribution in [0.3, 0.4) is 0 Å². The van der Waals surface area contributed by atoms with Gasteiger partial charge in [0.2, 0.25) is 5.82 Å². The lowest BCUT2D eigenvalue weighted by Crippen LogP contribution is -2.33. The highest BCUT2D eigenvalue weighted by molar-refractivity contribution is 7.98. The Morgan fingerprint density at radius 1 is 1.61 bits per heavy atom. The second-order valence-electron chi connectivity index (χ2n) is 3.96. The normalized spacial score (nSPS) is 12.2. The maximum Gasteiger partial charge on any atom is 0.311 e. The fraction of sp³-hybridized carbons (Fsp3) is 0.545. The second kappa shape index (κ2) is 6.44. The summed E-state index contributed by atoms with van der Waals surface area (Å²) in [6, 6.07) is 3.38. The zero-order chi connectivity index (χ0) is 13.7. The van der Waals surface area contributed by atoms with E-state index < -0.39 is 4.92 Å². The lowest BCUT2D eigenvalue weighted by molar-refractivity contribution is -0.384. The van der Waals surface area contributed by atoms with Crippen molar-refractivity contribution in [2.24, 2.45) is 0 Å². The van der Waals surface area contributed by atoms with Gasteiger partial charge in [0.1, 0.15) is 5.82 Å². The third-order valence-electron chi connectivity index (χ3n) is 2.82. The van der Waals surface area contributed by atoms with Crippen molar-refractivity contribution in [3.63, 3.8) is 0 Å². The second-order valence-corrected chi connectivity index (χ2v) is 4.87. The molecule has 0 saturated carbocycles. The molecule has 1 aromatic heterocycles. The molecule has 0 aliphatic heterocycles. The molecule has 0 radical (unpaired) electrons. The summed E-state index contributed by atoms with van der Waals surface area (Å²) in [6.45, 7) is 2.10. The van der Waals surface area contributed by atoms with Gasteiger partial charge >= 0.3 is 5.69 Å². The Morgan fingerprint density at radius 2 is 2.28 bits per heavy atom. The lowest BCUT2D eigenvalue weighted by Gasteiger charge is -2.27. The summed E-state index contributed by atoms with van der Waals surface area (Å²) in [5.74, 6) is 1.60. The van der Waals surface area contributed by atoms with Crippen molar-refractivity contribution in [3.05, 3.63) is 22.2 Å². The van der Waals surface area contributed by atoms with Gasteiger partial charge in [-0.1, -0.05) is 6.92 Å². The fourth-order valence-corrected chi connectivity index (χ4v) is 2.53. The van der Waals surface area contributed by atoms with Gasteiger partial charge in [-0.2, -0.15) is 11.8 Å². The Bertz CT molecular complexity index is 428. The minimum absolute atomic E-state index is 0.0386. The molecule has 1 rings (SSSR count). The topological polar surface area (TPSA) is 85.3 Å². The number of nitrogens with zero attached hydrogens (tertiary/aromatic N) is 3. The molecule has 0 fully saturated rings. The first-order chi connectivity index (χ1) is 8.51. The van der Waals surface area contributed by atoms with Crippen molar-refractivity contribution in [2.45, 2.75) is 19.4 Å². The van der Waals surface area contributed by atoms with E-state index in [1.54, 1.807) is 17.8 Å². The molecule has 2 N–H and O–H groups in total. The van der Waals surface area contributed by atoms with E-state index in [9.17, 15) is 10.1 Å². The molecule has 0 bridgehead atoms. The van der Waals surface area contributed by atoms with Crippen LogP contribution in [0, 0.1) is 10.1 Å². The van der Waals surface area contributed by atoms with Crippen LogP contribution in [-0.4, -0.2) is 35.0 Å². The molecule has 100 valence electrons. The van der Waals surface area contributed by atoms with E-state index in [0.29, 0.717) is 11.9 Å². The molecule has 0 aliphatic rings. The van der Waals surface area contributed by atoms with E-state index in [0.717, 1.165) is 12.2 Å². The minimum atomic E-state index is -0.523. The van der Waals surface area contributed by atoms with E-state index in [4.69, 9.17) is 5.73 Å². The fourth-order valence-electron chi connectivity index (χ4n) is 1.69. The van der Waals surface area contributed by atoms with Crippen molar-refractivity contribution >= 4 is 29.1 Å². The molecule has 0 saturated heterocycles. The van der Waals surface area contributed by atoms with Crippen LogP contribution in [0.2, 0.25) is 0 Å². The van der Waals surface area contributed by atoms with Gasteiger partial charge in [0, 0.05) is 24.9 Å². The van der Waals surface area contributed by atoms with Crippen molar-refractivity contribution in [1.82, 2.24) is 4.98 Å². The van der Waals surface area contributed by atoms with Crippen LogP contribution in [0.5, 0.6) is 0 Å². The molecule has 1 heterocycles. The van der Waals surface area contributed by atoms with Crippen LogP contribution in [0.15, 0.2) is 12.1 Å². The Kier molecular flexibility index (Phi) is 5.21. The van der Waals surface area contributed by atoms with Crippen LogP contribution in [0.25, 0.3) is 0 Å². The highest BCUT2D eigenvalue weighted by Crippen LogP contribution is 2.24. The van der Waals surface area contributed by atoms with Gasteiger partial charge < -0.3 is 10.6 Å². The minimum Gasteiger partial charge on any atom is -0.378 e. The van der Waals surface area contributed by atoms with E-state index in [-0.39, 0.29) is 11.5 Å². The Hall–Kier alpha value is -1.50. The van der Waals surface area contributed by atoms with Gasteiger partial charge in [-0.25, -0.2) is 4.98 Å². The van der Waals surface area contributed by atoms with Crippen molar-refractivity contribution in [2.75, 3.05) is 29.7 Å². The van der Waals surface area contributed by atoms with Gasteiger partial charge in [-0.05, 0) is 18.7 Å². The number of nitrogen functional groups attached to an aromatic ring is 1. The largest absolute Gasteiger partial charge is 0.378 e. The molecule has 1 aromatic rings. The molecular weight excluding hydrogens is 252 g/mol. The Morgan fingerprint density at radius 3 is 2.72 bits per heavy atom. The average molecular weight is 270 g/mol. The number of pyridine rings is 1. The molecule has 7 heteroatoms. The Balaban J connectivity index is 2.96.